The van der Waals surface area contributed by atoms with Gasteiger partial charge in [-0.15, -0.1) is 0 Å². The van der Waals surface area contributed by atoms with Gasteiger partial charge in [-0.1, -0.05) is 0 Å². The molecule has 0 atom stereocenters. The third kappa shape index (κ3) is 2.70. The first-order valence-electron chi connectivity index (χ1n) is 8.36. The third-order valence-corrected chi connectivity index (χ3v) is 4.93. The standard InChI is InChI=1S/C17H23N3O2/c1-11-8-14-15(9-18-17(14)21)19-16(11)20-6-4-13(5-7-20)22-10-12-2-3-12/h8,12-13H,2-7,9-10H2,1H3,(H,18,21). The van der Waals surface area contributed by atoms with E-state index >= 15 is 0 Å². The van der Waals surface area contributed by atoms with Gasteiger partial charge in [-0.05, 0) is 50.2 Å². The van der Waals surface area contributed by atoms with Crippen LogP contribution in [0.25, 0.3) is 0 Å². The van der Waals surface area contributed by atoms with E-state index in [4.69, 9.17) is 9.72 Å². The Morgan fingerprint density at radius 1 is 1.32 bits per heavy atom. The second kappa shape index (κ2) is 5.54. The summed E-state index contributed by atoms with van der Waals surface area (Å²) >= 11 is 0. The molecule has 0 spiro atoms. The Kier molecular flexibility index (Phi) is 3.53. The number of aryl methyl sites for hydroxylation is 1. The van der Waals surface area contributed by atoms with Crippen LogP contribution < -0.4 is 10.2 Å². The van der Waals surface area contributed by atoms with Gasteiger partial charge in [0, 0.05) is 19.7 Å². The maximum atomic E-state index is 11.7. The minimum absolute atomic E-state index is 0.00401. The van der Waals surface area contributed by atoms with E-state index in [1.54, 1.807) is 0 Å². The van der Waals surface area contributed by atoms with Crippen LogP contribution in [0.3, 0.4) is 0 Å². The molecule has 1 N–H and O–H groups in total. The van der Waals surface area contributed by atoms with Crippen LogP contribution in [0.2, 0.25) is 0 Å². The minimum Gasteiger partial charge on any atom is -0.378 e. The van der Waals surface area contributed by atoms with Gasteiger partial charge >= 0.3 is 0 Å². The number of piperidine rings is 1. The van der Waals surface area contributed by atoms with E-state index in [1.807, 2.05) is 13.0 Å². The van der Waals surface area contributed by atoms with Crippen LogP contribution in [0.1, 0.15) is 47.3 Å². The largest absolute Gasteiger partial charge is 0.378 e. The van der Waals surface area contributed by atoms with Crippen LogP contribution in [0.5, 0.6) is 0 Å². The summed E-state index contributed by atoms with van der Waals surface area (Å²) < 4.78 is 6.01. The Morgan fingerprint density at radius 2 is 2.09 bits per heavy atom. The summed E-state index contributed by atoms with van der Waals surface area (Å²) in [5.41, 5.74) is 2.72. The molecule has 1 aromatic rings. The monoisotopic (exact) mass is 301 g/mol. The molecule has 4 rings (SSSR count). The highest BCUT2D eigenvalue weighted by molar-refractivity contribution is 5.98. The number of pyridine rings is 1. The summed E-state index contributed by atoms with van der Waals surface area (Å²) in [7, 11) is 0. The van der Waals surface area contributed by atoms with Crippen molar-refractivity contribution in [1.82, 2.24) is 10.3 Å². The molecule has 1 saturated carbocycles. The second-order valence-corrected chi connectivity index (χ2v) is 6.77. The lowest BCUT2D eigenvalue weighted by atomic mass is 10.1. The van der Waals surface area contributed by atoms with Crippen molar-refractivity contribution in [3.05, 3.63) is 22.9 Å². The summed E-state index contributed by atoms with van der Waals surface area (Å²) in [6.07, 6.45) is 5.26. The molecule has 0 aromatic carbocycles. The number of amides is 1. The lowest BCUT2D eigenvalue weighted by Crippen LogP contribution is -2.38. The molecule has 2 aliphatic heterocycles. The lowest BCUT2D eigenvalue weighted by molar-refractivity contribution is 0.0304. The molecular weight excluding hydrogens is 278 g/mol. The maximum absolute atomic E-state index is 11.7. The van der Waals surface area contributed by atoms with Crippen molar-refractivity contribution in [2.24, 2.45) is 5.92 Å². The number of anilines is 1. The molecule has 3 heterocycles. The summed E-state index contributed by atoms with van der Waals surface area (Å²) in [6, 6.07) is 1.98. The van der Waals surface area contributed by atoms with Crippen LogP contribution in [-0.2, 0) is 11.3 Å². The molecule has 3 aliphatic rings. The number of hydrogen-bond acceptors (Lipinski definition) is 4. The summed E-state index contributed by atoms with van der Waals surface area (Å²) in [4.78, 5) is 18.8. The van der Waals surface area contributed by atoms with Crippen molar-refractivity contribution in [1.29, 1.82) is 0 Å². The van der Waals surface area contributed by atoms with Gasteiger partial charge in [-0.2, -0.15) is 0 Å². The van der Waals surface area contributed by atoms with Gasteiger partial charge in [-0.25, -0.2) is 4.98 Å². The van der Waals surface area contributed by atoms with Crippen molar-refractivity contribution >= 4 is 11.7 Å². The number of fused-ring (bicyclic) bond motifs is 1. The Labute approximate surface area is 131 Å². The lowest BCUT2D eigenvalue weighted by Gasteiger charge is -2.33. The summed E-state index contributed by atoms with van der Waals surface area (Å²) in [5, 5.41) is 2.84. The topological polar surface area (TPSA) is 54.5 Å². The molecule has 0 unspecified atom stereocenters. The number of carbonyl (C=O) groups is 1. The first kappa shape index (κ1) is 14.0. The predicted molar refractivity (Wildman–Crippen MR) is 84.1 cm³/mol. The van der Waals surface area contributed by atoms with Crippen molar-refractivity contribution in [2.45, 2.75) is 45.3 Å². The van der Waals surface area contributed by atoms with E-state index < -0.39 is 0 Å². The van der Waals surface area contributed by atoms with E-state index in [-0.39, 0.29) is 5.91 Å². The average Bonchev–Trinajstić information content (AvgIpc) is 3.30. The minimum atomic E-state index is 0.00401. The Morgan fingerprint density at radius 3 is 2.82 bits per heavy atom. The van der Waals surface area contributed by atoms with E-state index in [1.165, 1.54) is 12.8 Å². The van der Waals surface area contributed by atoms with Gasteiger partial charge in [0.05, 0.1) is 23.9 Å². The molecule has 1 saturated heterocycles. The average molecular weight is 301 g/mol. The third-order valence-electron chi connectivity index (χ3n) is 4.93. The smallest absolute Gasteiger partial charge is 0.253 e. The number of ether oxygens (including phenoxy) is 1. The molecule has 1 aliphatic carbocycles. The number of nitrogens with one attached hydrogen (secondary N) is 1. The normalized spacial score (nSPS) is 21.9. The van der Waals surface area contributed by atoms with E-state index in [0.29, 0.717) is 12.6 Å². The second-order valence-electron chi connectivity index (χ2n) is 6.77. The molecule has 1 amide bonds. The van der Waals surface area contributed by atoms with Gasteiger partial charge in [0.2, 0.25) is 0 Å². The fourth-order valence-electron chi connectivity index (χ4n) is 3.34. The highest BCUT2D eigenvalue weighted by atomic mass is 16.5. The molecule has 22 heavy (non-hydrogen) atoms. The molecule has 118 valence electrons. The molecule has 0 radical (unpaired) electrons. The van der Waals surface area contributed by atoms with Crippen molar-refractivity contribution < 1.29 is 9.53 Å². The van der Waals surface area contributed by atoms with Crippen LogP contribution in [-0.4, -0.2) is 36.7 Å². The van der Waals surface area contributed by atoms with Crippen molar-refractivity contribution in [3.63, 3.8) is 0 Å². The zero-order valence-corrected chi connectivity index (χ0v) is 13.1. The highest BCUT2D eigenvalue weighted by Crippen LogP contribution is 2.31. The number of rotatable bonds is 4. The van der Waals surface area contributed by atoms with Gasteiger partial charge in [0.15, 0.2) is 0 Å². The number of hydrogen-bond donors (Lipinski definition) is 1. The predicted octanol–water partition coefficient (Wildman–Crippen LogP) is 2.03. The molecule has 2 fully saturated rings. The highest BCUT2D eigenvalue weighted by Gasteiger charge is 2.28. The van der Waals surface area contributed by atoms with E-state index in [9.17, 15) is 4.79 Å². The van der Waals surface area contributed by atoms with E-state index in [0.717, 1.165) is 61.1 Å². The van der Waals surface area contributed by atoms with Gasteiger partial charge < -0.3 is 15.0 Å². The molecule has 5 heteroatoms. The number of carbonyl (C=O) groups excluding carboxylic acids is 1. The number of nitrogens with zero attached hydrogens (tertiary/aromatic N) is 2. The zero-order valence-electron chi connectivity index (χ0n) is 13.1. The Bertz CT molecular complexity index is 590. The molecule has 1 aromatic heterocycles. The molecule has 0 bridgehead atoms. The fourth-order valence-corrected chi connectivity index (χ4v) is 3.34. The molecule has 5 nitrogen and oxygen atoms in total. The van der Waals surface area contributed by atoms with Crippen LogP contribution >= 0.6 is 0 Å². The summed E-state index contributed by atoms with van der Waals surface area (Å²) in [5.74, 6) is 1.88. The summed E-state index contributed by atoms with van der Waals surface area (Å²) in [6.45, 7) is 5.54. The van der Waals surface area contributed by atoms with Gasteiger partial charge in [-0.3, -0.25) is 4.79 Å². The molecular formula is C17H23N3O2. The fraction of sp³-hybridized carbons (Fsp3) is 0.647. The van der Waals surface area contributed by atoms with Crippen molar-refractivity contribution in [2.75, 3.05) is 24.6 Å². The van der Waals surface area contributed by atoms with Crippen LogP contribution in [0.15, 0.2) is 6.07 Å². The Balaban J connectivity index is 1.41. The first-order valence-corrected chi connectivity index (χ1v) is 8.36. The van der Waals surface area contributed by atoms with E-state index in [2.05, 4.69) is 10.2 Å². The van der Waals surface area contributed by atoms with Crippen molar-refractivity contribution in [3.8, 4) is 0 Å². The van der Waals surface area contributed by atoms with Gasteiger partial charge in [0.25, 0.3) is 5.91 Å². The maximum Gasteiger partial charge on any atom is 0.253 e. The number of aromatic nitrogens is 1. The van der Waals surface area contributed by atoms with Crippen LogP contribution in [0.4, 0.5) is 5.82 Å². The quantitative estimate of drug-likeness (QED) is 0.924. The Hall–Kier alpha value is -1.62. The zero-order chi connectivity index (χ0) is 15.1. The van der Waals surface area contributed by atoms with Gasteiger partial charge in [0.1, 0.15) is 5.82 Å². The van der Waals surface area contributed by atoms with Crippen LogP contribution in [0, 0.1) is 12.8 Å². The first-order chi connectivity index (χ1) is 10.7. The SMILES string of the molecule is Cc1cc2c(nc1N1CCC(OCC3CC3)CC1)CNC2=O.